The highest BCUT2D eigenvalue weighted by atomic mass is 32.2. The quantitative estimate of drug-likeness (QED) is 0.774. The molecule has 0 amide bonds. The van der Waals surface area contributed by atoms with Gasteiger partial charge in [-0.15, -0.1) is 23.1 Å². The van der Waals surface area contributed by atoms with E-state index in [4.69, 9.17) is 4.74 Å². The number of halogens is 1. The number of thiophene rings is 1. The minimum absolute atomic E-state index is 0.105. The number of aromatic amines is 1. The van der Waals surface area contributed by atoms with Gasteiger partial charge in [-0.05, 0) is 29.1 Å². The molecule has 114 valence electrons. The lowest BCUT2D eigenvalue weighted by Gasteiger charge is -2.05. The highest BCUT2D eigenvalue weighted by molar-refractivity contribution is 7.97. The summed E-state index contributed by atoms with van der Waals surface area (Å²) in [7, 11) is 1.44. The highest BCUT2D eigenvalue weighted by Crippen LogP contribution is 2.22. The molecule has 22 heavy (non-hydrogen) atoms. The maximum atomic E-state index is 13.6. The molecule has 7 heteroatoms. The van der Waals surface area contributed by atoms with E-state index in [0.29, 0.717) is 22.0 Å². The van der Waals surface area contributed by atoms with Gasteiger partial charge in [-0.25, -0.2) is 9.37 Å². The second kappa shape index (κ2) is 6.50. The van der Waals surface area contributed by atoms with Crippen LogP contribution < -0.4 is 10.3 Å². The van der Waals surface area contributed by atoms with Crippen molar-refractivity contribution in [3.05, 3.63) is 57.2 Å². The standard InChI is InChI=1S/C15H13FN2O2S2/c1-20-12-3-2-9(6-10(12)16)7-21-8-13-17-11-4-5-22-14(11)15(19)18-13/h2-6H,7-8H2,1H3,(H,17,18,19). The van der Waals surface area contributed by atoms with Gasteiger partial charge in [0.2, 0.25) is 0 Å². The zero-order valence-electron chi connectivity index (χ0n) is 11.8. The zero-order chi connectivity index (χ0) is 15.5. The fraction of sp³-hybridized carbons (Fsp3) is 0.200. The monoisotopic (exact) mass is 336 g/mol. The lowest BCUT2D eigenvalue weighted by Crippen LogP contribution is -2.09. The van der Waals surface area contributed by atoms with Crippen molar-refractivity contribution < 1.29 is 9.13 Å². The SMILES string of the molecule is COc1ccc(CSCc2nc3ccsc3c(=O)[nH]2)cc1F. The number of rotatable bonds is 5. The van der Waals surface area contributed by atoms with Crippen LogP contribution in [0.1, 0.15) is 11.4 Å². The van der Waals surface area contributed by atoms with Crippen LogP contribution in [0.15, 0.2) is 34.4 Å². The van der Waals surface area contributed by atoms with Crippen molar-refractivity contribution in [1.82, 2.24) is 9.97 Å². The Kier molecular flexibility index (Phi) is 4.44. The molecule has 0 atom stereocenters. The van der Waals surface area contributed by atoms with Gasteiger partial charge in [0.15, 0.2) is 11.6 Å². The van der Waals surface area contributed by atoms with Gasteiger partial charge in [-0.2, -0.15) is 0 Å². The van der Waals surface area contributed by atoms with Crippen LogP contribution in [0.4, 0.5) is 4.39 Å². The van der Waals surface area contributed by atoms with Crippen molar-refractivity contribution in [2.75, 3.05) is 7.11 Å². The number of ether oxygens (including phenoxy) is 1. The molecular weight excluding hydrogens is 323 g/mol. The number of thioether (sulfide) groups is 1. The first-order valence-electron chi connectivity index (χ1n) is 6.54. The molecule has 0 unspecified atom stereocenters. The summed E-state index contributed by atoms with van der Waals surface area (Å²) in [6.45, 7) is 0. The van der Waals surface area contributed by atoms with Crippen molar-refractivity contribution in [2.45, 2.75) is 11.5 Å². The molecule has 3 rings (SSSR count). The predicted octanol–water partition coefficient (Wildman–Crippen LogP) is 3.57. The Morgan fingerprint density at radius 2 is 2.23 bits per heavy atom. The largest absolute Gasteiger partial charge is 0.494 e. The number of nitrogens with zero attached hydrogens (tertiary/aromatic N) is 1. The molecule has 2 aromatic heterocycles. The van der Waals surface area contributed by atoms with Gasteiger partial charge in [0, 0.05) is 5.75 Å². The first kappa shape index (κ1) is 15.1. The van der Waals surface area contributed by atoms with E-state index < -0.39 is 0 Å². The van der Waals surface area contributed by atoms with Gasteiger partial charge < -0.3 is 9.72 Å². The second-order valence-corrected chi connectivity index (χ2v) is 6.51. The molecule has 3 aromatic rings. The van der Waals surface area contributed by atoms with Gasteiger partial charge in [-0.3, -0.25) is 4.79 Å². The lowest BCUT2D eigenvalue weighted by atomic mass is 10.2. The molecule has 0 fully saturated rings. The van der Waals surface area contributed by atoms with E-state index >= 15 is 0 Å². The lowest BCUT2D eigenvalue weighted by molar-refractivity contribution is 0.386. The van der Waals surface area contributed by atoms with E-state index in [9.17, 15) is 9.18 Å². The van der Waals surface area contributed by atoms with E-state index in [1.165, 1.54) is 24.5 Å². The Morgan fingerprint density at radius 1 is 1.36 bits per heavy atom. The highest BCUT2D eigenvalue weighted by Gasteiger charge is 2.06. The molecule has 0 aliphatic rings. The Hall–Kier alpha value is -1.86. The Labute approximate surface area is 134 Å². The van der Waals surface area contributed by atoms with Crippen molar-refractivity contribution in [3.63, 3.8) is 0 Å². The van der Waals surface area contributed by atoms with E-state index in [1.807, 2.05) is 17.5 Å². The van der Waals surface area contributed by atoms with Crippen LogP contribution >= 0.6 is 23.1 Å². The minimum atomic E-state index is -0.369. The average molecular weight is 336 g/mol. The smallest absolute Gasteiger partial charge is 0.268 e. The molecule has 4 nitrogen and oxygen atoms in total. The summed E-state index contributed by atoms with van der Waals surface area (Å²) in [5, 5.41) is 1.85. The van der Waals surface area contributed by atoms with Crippen molar-refractivity contribution in [1.29, 1.82) is 0 Å². The molecule has 0 bridgehead atoms. The van der Waals surface area contributed by atoms with Crippen molar-refractivity contribution >= 4 is 33.3 Å². The number of aromatic nitrogens is 2. The second-order valence-electron chi connectivity index (χ2n) is 4.61. The Bertz CT molecular complexity index is 860. The van der Waals surface area contributed by atoms with E-state index in [0.717, 1.165) is 11.1 Å². The summed E-state index contributed by atoms with van der Waals surface area (Å²) in [6.07, 6.45) is 0. The third-order valence-electron chi connectivity index (χ3n) is 3.09. The fourth-order valence-corrected chi connectivity index (χ4v) is 3.63. The van der Waals surface area contributed by atoms with Crippen LogP contribution in [-0.2, 0) is 11.5 Å². The molecule has 1 aromatic carbocycles. The predicted molar refractivity (Wildman–Crippen MR) is 88.2 cm³/mol. The number of hydrogen-bond donors (Lipinski definition) is 1. The maximum absolute atomic E-state index is 13.6. The van der Waals surface area contributed by atoms with Gasteiger partial charge in [0.25, 0.3) is 5.56 Å². The first-order chi connectivity index (χ1) is 10.7. The summed E-state index contributed by atoms with van der Waals surface area (Å²) in [5.41, 5.74) is 1.48. The van der Waals surface area contributed by atoms with Gasteiger partial charge in [0.05, 0.1) is 18.4 Å². The van der Waals surface area contributed by atoms with E-state index in [-0.39, 0.29) is 17.1 Å². The summed E-state index contributed by atoms with van der Waals surface area (Å²) in [4.78, 5) is 19.0. The van der Waals surface area contributed by atoms with Gasteiger partial charge >= 0.3 is 0 Å². The van der Waals surface area contributed by atoms with Crippen LogP contribution in [0.3, 0.4) is 0 Å². The fourth-order valence-electron chi connectivity index (χ4n) is 2.06. The molecule has 0 saturated carbocycles. The Morgan fingerprint density at radius 3 is 3.00 bits per heavy atom. The average Bonchev–Trinajstić information content (AvgIpc) is 2.96. The van der Waals surface area contributed by atoms with Crippen molar-refractivity contribution in [2.24, 2.45) is 0 Å². The van der Waals surface area contributed by atoms with Crippen LogP contribution in [-0.4, -0.2) is 17.1 Å². The number of nitrogens with one attached hydrogen (secondary N) is 1. The van der Waals surface area contributed by atoms with Crippen molar-refractivity contribution in [3.8, 4) is 5.75 Å². The number of hydrogen-bond acceptors (Lipinski definition) is 5. The molecule has 2 heterocycles. The zero-order valence-corrected chi connectivity index (χ0v) is 13.4. The maximum Gasteiger partial charge on any atom is 0.268 e. The molecule has 0 aliphatic heterocycles. The summed E-state index contributed by atoms with van der Waals surface area (Å²) >= 11 is 2.95. The topological polar surface area (TPSA) is 55.0 Å². The molecule has 0 saturated heterocycles. The number of benzene rings is 1. The van der Waals surface area contributed by atoms with E-state index in [2.05, 4.69) is 9.97 Å². The third-order valence-corrected chi connectivity index (χ3v) is 5.01. The number of methoxy groups -OCH3 is 1. The van der Waals surface area contributed by atoms with Crippen LogP contribution in [0.2, 0.25) is 0 Å². The molecule has 0 spiro atoms. The normalized spacial score (nSPS) is 11.0. The molecule has 1 N–H and O–H groups in total. The molecular formula is C15H13FN2O2S2. The minimum Gasteiger partial charge on any atom is -0.494 e. The van der Waals surface area contributed by atoms with Crippen LogP contribution in [0, 0.1) is 5.82 Å². The molecule has 0 aliphatic carbocycles. The number of H-pyrrole nitrogens is 1. The van der Waals surface area contributed by atoms with Gasteiger partial charge in [0.1, 0.15) is 10.5 Å². The third kappa shape index (κ3) is 3.15. The Balaban J connectivity index is 1.67. The summed E-state index contributed by atoms with van der Waals surface area (Å²) < 4.78 is 19.1. The van der Waals surface area contributed by atoms with Gasteiger partial charge in [-0.1, -0.05) is 6.07 Å². The summed E-state index contributed by atoms with van der Waals surface area (Å²) in [6, 6.07) is 6.74. The molecule has 0 radical (unpaired) electrons. The number of fused-ring (bicyclic) bond motifs is 1. The van der Waals surface area contributed by atoms with E-state index in [1.54, 1.807) is 17.8 Å². The summed E-state index contributed by atoms with van der Waals surface area (Å²) in [5.74, 6) is 1.70. The first-order valence-corrected chi connectivity index (χ1v) is 8.57. The van der Waals surface area contributed by atoms with Crippen LogP contribution in [0.5, 0.6) is 5.75 Å². The van der Waals surface area contributed by atoms with Crippen LogP contribution in [0.25, 0.3) is 10.2 Å².